The van der Waals surface area contributed by atoms with Crippen molar-refractivity contribution in [3.63, 3.8) is 0 Å². The highest BCUT2D eigenvalue weighted by Gasteiger charge is 2.09. The van der Waals surface area contributed by atoms with Gasteiger partial charge >= 0.3 is 0 Å². The Morgan fingerprint density at radius 1 is 1.41 bits per heavy atom. The molecule has 1 rings (SSSR count). The van der Waals surface area contributed by atoms with Crippen molar-refractivity contribution in [1.82, 2.24) is 5.32 Å². The van der Waals surface area contributed by atoms with Crippen molar-refractivity contribution in [3.05, 3.63) is 29.3 Å². The van der Waals surface area contributed by atoms with Gasteiger partial charge in [-0.3, -0.25) is 4.79 Å². The van der Waals surface area contributed by atoms with Gasteiger partial charge in [0.2, 0.25) is 0 Å². The third-order valence-electron chi connectivity index (χ3n) is 2.68. The van der Waals surface area contributed by atoms with E-state index in [1.807, 2.05) is 6.92 Å². The lowest BCUT2D eigenvalue weighted by molar-refractivity contribution is 0.0951. The summed E-state index contributed by atoms with van der Waals surface area (Å²) < 4.78 is 4.94. The molecule has 0 radical (unpaired) electrons. The van der Waals surface area contributed by atoms with E-state index in [0.717, 1.165) is 25.0 Å². The van der Waals surface area contributed by atoms with Crippen LogP contribution in [0.25, 0.3) is 0 Å². The summed E-state index contributed by atoms with van der Waals surface area (Å²) in [7, 11) is 1.68. The van der Waals surface area contributed by atoms with Crippen molar-refractivity contribution in [2.75, 3.05) is 26.0 Å². The third-order valence-corrected chi connectivity index (χ3v) is 2.68. The Bertz CT molecular complexity index is 378. The normalized spacial score (nSPS) is 10.2. The minimum absolute atomic E-state index is 0.0628. The number of amides is 1. The number of carbonyl (C=O) groups is 1. The van der Waals surface area contributed by atoms with Gasteiger partial charge < -0.3 is 15.8 Å². The zero-order valence-electron chi connectivity index (χ0n) is 10.5. The van der Waals surface area contributed by atoms with Crippen molar-refractivity contribution in [1.29, 1.82) is 0 Å². The summed E-state index contributed by atoms with van der Waals surface area (Å²) in [6.45, 7) is 3.25. The molecule has 3 N–H and O–H groups in total. The molecule has 0 aromatic heterocycles. The van der Waals surface area contributed by atoms with E-state index in [0.29, 0.717) is 17.8 Å². The molecule has 1 amide bonds. The summed E-state index contributed by atoms with van der Waals surface area (Å²) in [4.78, 5) is 11.9. The third kappa shape index (κ3) is 4.07. The fourth-order valence-electron chi connectivity index (χ4n) is 1.57. The van der Waals surface area contributed by atoms with Gasteiger partial charge in [0.15, 0.2) is 0 Å². The summed E-state index contributed by atoms with van der Waals surface area (Å²) in [5.41, 5.74) is 7.89. The van der Waals surface area contributed by atoms with E-state index < -0.39 is 0 Å². The van der Waals surface area contributed by atoms with Crippen molar-refractivity contribution in [2.45, 2.75) is 19.8 Å². The molecule has 0 aliphatic carbocycles. The van der Waals surface area contributed by atoms with Gasteiger partial charge in [-0.25, -0.2) is 0 Å². The number of nitrogens with two attached hydrogens (primary N) is 1. The van der Waals surface area contributed by atoms with E-state index in [1.165, 1.54) is 0 Å². The lowest BCUT2D eigenvalue weighted by Crippen LogP contribution is -2.25. The molecule has 0 fully saturated rings. The molecule has 0 unspecified atom stereocenters. The Kier molecular flexibility index (Phi) is 5.49. The zero-order chi connectivity index (χ0) is 12.7. The number of benzene rings is 1. The van der Waals surface area contributed by atoms with E-state index in [4.69, 9.17) is 10.5 Å². The van der Waals surface area contributed by atoms with E-state index >= 15 is 0 Å². The van der Waals surface area contributed by atoms with Crippen LogP contribution >= 0.6 is 0 Å². The number of hydrogen-bond acceptors (Lipinski definition) is 3. The number of ether oxygens (including phenoxy) is 1. The highest BCUT2D eigenvalue weighted by molar-refractivity contribution is 5.96. The van der Waals surface area contributed by atoms with Crippen LogP contribution in [0.3, 0.4) is 0 Å². The number of anilines is 1. The molecule has 0 atom stereocenters. The molecular formula is C13H20N2O2. The molecule has 0 aliphatic heterocycles. The quantitative estimate of drug-likeness (QED) is 0.584. The molecule has 1 aromatic rings. The SMILES string of the molecule is COCCCCNC(=O)c1cccc(N)c1C. The summed E-state index contributed by atoms with van der Waals surface area (Å²) in [5, 5.41) is 2.88. The Morgan fingerprint density at radius 3 is 2.88 bits per heavy atom. The molecule has 94 valence electrons. The monoisotopic (exact) mass is 236 g/mol. The first-order valence-corrected chi connectivity index (χ1v) is 5.79. The van der Waals surface area contributed by atoms with Crippen LogP contribution in [-0.4, -0.2) is 26.2 Å². The van der Waals surface area contributed by atoms with Gasteiger partial charge in [0.1, 0.15) is 0 Å². The minimum Gasteiger partial charge on any atom is -0.398 e. The van der Waals surface area contributed by atoms with Gasteiger partial charge in [0.05, 0.1) is 0 Å². The number of rotatable bonds is 6. The summed E-state index contributed by atoms with van der Waals surface area (Å²) in [6, 6.07) is 5.38. The Labute approximate surface area is 102 Å². The predicted octanol–water partition coefficient (Wildman–Crippen LogP) is 1.73. The Hall–Kier alpha value is -1.55. The number of nitrogen functional groups attached to an aromatic ring is 1. The van der Waals surface area contributed by atoms with Crippen LogP contribution in [0.2, 0.25) is 0 Å². The molecule has 0 spiro atoms. The maximum Gasteiger partial charge on any atom is 0.251 e. The Balaban J connectivity index is 2.44. The van der Waals surface area contributed by atoms with E-state index in [9.17, 15) is 4.79 Å². The molecule has 0 saturated heterocycles. The first-order chi connectivity index (χ1) is 8.16. The largest absolute Gasteiger partial charge is 0.398 e. The smallest absolute Gasteiger partial charge is 0.251 e. The molecule has 4 heteroatoms. The molecule has 0 saturated carbocycles. The lowest BCUT2D eigenvalue weighted by Gasteiger charge is -2.09. The second-order valence-corrected chi connectivity index (χ2v) is 3.98. The second-order valence-electron chi connectivity index (χ2n) is 3.98. The average Bonchev–Trinajstić information content (AvgIpc) is 2.32. The van der Waals surface area contributed by atoms with E-state index in [1.54, 1.807) is 25.3 Å². The number of carbonyl (C=O) groups excluding carboxylic acids is 1. The fourth-order valence-corrected chi connectivity index (χ4v) is 1.57. The fraction of sp³-hybridized carbons (Fsp3) is 0.462. The van der Waals surface area contributed by atoms with Crippen molar-refractivity contribution >= 4 is 11.6 Å². The van der Waals surface area contributed by atoms with Crippen molar-refractivity contribution < 1.29 is 9.53 Å². The van der Waals surface area contributed by atoms with E-state index in [2.05, 4.69) is 5.32 Å². The molecule has 17 heavy (non-hydrogen) atoms. The van der Waals surface area contributed by atoms with Crippen molar-refractivity contribution in [3.8, 4) is 0 Å². The van der Waals surface area contributed by atoms with Gasteiger partial charge in [-0.1, -0.05) is 6.07 Å². The predicted molar refractivity (Wildman–Crippen MR) is 69.0 cm³/mol. The van der Waals surface area contributed by atoms with Gasteiger partial charge in [0, 0.05) is 31.5 Å². The maximum absolute atomic E-state index is 11.9. The molecular weight excluding hydrogens is 216 g/mol. The van der Waals surface area contributed by atoms with Gasteiger partial charge in [-0.05, 0) is 37.5 Å². The van der Waals surface area contributed by atoms with Crippen LogP contribution in [0, 0.1) is 6.92 Å². The van der Waals surface area contributed by atoms with Gasteiger partial charge in [0.25, 0.3) is 5.91 Å². The minimum atomic E-state index is -0.0628. The van der Waals surface area contributed by atoms with Crippen LogP contribution in [-0.2, 0) is 4.74 Å². The number of unbranched alkanes of at least 4 members (excludes halogenated alkanes) is 1. The average molecular weight is 236 g/mol. The van der Waals surface area contributed by atoms with Crippen LogP contribution in [0.15, 0.2) is 18.2 Å². The highest BCUT2D eigenvalue weighted by atomic mass is 16.5. The van der Waals surface area contributed by atoms with Crippen LogP contribution < -0.4 is 11.1 Å². The molecule has 1 aromatic carbocycles. The van der Waals surface area contributed by atoms with Crippen LogP contribution in [0.5, 0.6) is 0 Å². The second kappa shape index (κ2) is 6.91. The maximum atomic E-state index is 11.9. The van der Waals surface area contributed by atoms with Crippen LogP contribution in [0.1, 0.15) is 28.8 Å². The van der Waals surface area contributed by atoms with Crippen LogP contribution in [0.4, 0.5) is 5.69 Å². The molecule has 4 nitrogen and oxygen atoms in total. The van der Waals surface area contributed by atoms with Gasteiger partial charge in [-0.2, -0.15) is 0 Å². The van der Waals surface area contributed by atoms with Crippen molar-refractivity contribution in [2.24, 2.45) is 0 Å². The molecule has 0 aliphatic rings. The number of nitrogens with one attached hydrogen (secondary N) is 1. The standard InChI is InChI=1S/C13H20N2O2/c1-10-11(6-5-7-12(10)14)13(16)15-8-3-4-9-17-2/h5-7H,3-4,8-9,14H2,1-2H3,(H,15,16). The summed E-state index contributed by atoms with van der Waals surface area (Å²) in [6.07, 6.45) is 1.87. The topological polar surface area (TPSA) is 64.3 Å². The molecule has 0 bridgehead atoms. The van der Waals surface area contributed by atoms with Gasteiger partial charge in [-0.15, -0.1) is 0 Å². The summed E-state index contributed by atoms with van der Waals surface area (Å²) >= 11 is 0. The highest BCUT2D eigenvalue weighted by Crippen LogP contribution is 2.15. The Morgan fingerprint density at radius 2 is 2.18 bits per heavy atom. The number of hydrogen-bond donors (Lipinski definition) is 2. The first kappa shape index (κ1) is 13.5. The lowest BCUT2D eigenvalue weighted by atomic mass is 10.1. The van der Waals surface area contributed by atoms with E-state index in [-0.39, 0.29) is 5.91 Å². The first-order valence-electron chi connectivity index (χ1n) is 5.79. The number of methoxy groups -OCH3 is 1. The molecule has 0 heterocycles. The summed E-state index contributed by atoms with van der Waals surface area (Å²) in [5.74, 6) is -0.0628. The zero-order valence-corrected chi connectivity index (χ0v) is 10.5.